The quantitative estimate of drug-likeness (QED) is 0.818. The molecular weight excluding hydrogens is 190 g/mol. The Kier molecular flexibility index (Phi) is 2.65. The molecule has 1 aromatic rings. The molecule has 0 bridgehead atoms. The van der Waals surface area contributed by atoms with Crippen LogP contribution in [-0.4, -0.2) is 23.3 Å². The fourth-order valence-corrected chi connectivity index (χ4v) is 2.02. The second-order valence-corrected chi connectivity index (χ2v) is 4.39. The fraction of sp³-hybridized carbons (Fsp3) is 0.583. The molecule has 1 saturated carbocycles. The number of pyridine rings is 1. The van der Waals surface area contributed by atoms with Gasteiger partial charge in [0.25, 0.3) is 0 Å². The van der Waals surface area contributed by atoms with Crippen molar-refractivity contribution in [2.75, 3.05) is 7.11 Å². The van der Waals surface area contributed by atoms with Crippen LogP contribution >= 0.6 is 0 Å². The zero-order chi connectivity index (χ0) is 10.9. The van der Waals surface area contributed by atoms with E-state index >= 15 is 0 Å². The smallest absolute Gasteiger partial charge is 0.216 e. The maximum absolute atomic E-state index is 9.71. The second kappa shape index (κ2) is 3.81. The van der Waals surface area contributed by atoms with Gasteiger partial charge in [-0.15, -0.1) is 0 Å². The highest BCUT2D eigenvalue weighted by Crippen LogP contribution is 2.51. The molecule has 15 heavy (non-hydrogen) atoms. The lowest BCUT2D eigenvalue weighted by atomic mass is 9.92. The summed E-state index contributed by atoms with van der Waals surface area (Å²) >= 11 is 0. The molecule has 1 heterocycles. The van der Waals surface area contributed by atoms with Crippen LogP contribution in [0, 0.1) is 5.41 Å². The molecule has 0 aromatic carbocycles. The molecule has 1 atom stereocenters. The van der Waals surface area contributed by atoms with E-state index in [2.05, 4.69) is 4.98 Å². The molecule has 1 aliphatic rings. The number of ether oxygens (including phenoxy) is 1. The highest BCUT2D eigenvalue weighted by molar-refractivity contribution is 5.28. The lowest BCUT2D eigenvalue weighted by molar-refractivity contribution is 0.110. The summed E-state index contributed by atoms with van der Waals surface area (Å²) in [6.45, 7) is 1.87. The first-order chi connectivity index (χ1) is 7.18. The maximum Gasteiger partial charge on any atom is 0.216 e. The van der Waals surface area contributed by atoms with Gasteiger partial charge in [-0.05, 0) is 32.3 Å². The minimum absolute atomic E-state index is 0.0797. The van der Waals surface area contributed by atoms with Gasteiger partial charge in [-0.25, -0.2) is 4.98 Å². The zero-order valence-electron chi connectivity index (χ0n) is 9.23. The van der Waals surface area contributed by atoms with Crippen molar-refractivity contribution in [1.82, 2.24) is 4.98 Å². The molecule has 3 heteroatoms. The Hall–Kier alpha value is -1.09. The minimum atomic E-state index is -0.248. The molecule has 0 saturated heterocycles. The Morgan fingerprint density at radius 2 is 2.33 bits per heavy atom. The van der Waals surface area contributed by atoms with E-state index < -0.39 is 0 Å². The van der Waals surface area contributed by atoms with E-state index in [1.165, 1.54) is 0 Å². The van der Waals surface area contributed by atoms with E-state index in [0.717, 1.165) is 24.8 Å². The number of methoxy groups -OCH3 is 1. The topological polar surface area (TPSA) is 42.4 Å². The lowest BCUT2D eigenvalue weighted by Crippen LogP contribution is -2.21. The summed E-state index contributed by atoms with van der Waals surface area (Å²) < 4.78 is 5.21. The number of rotatable bonds is 4. The van der Waals surface area contributed by atoms with E-state index in [0.29, 0.717) is 5.88 Å². The average Bonchev–Trinajstić information content (AvgIpc) is 3.00. The highest BCUT2D eigenvalue weighted by atomic mass is 16.5. The molecule has 0 amide bonds. The van der Waals surface area contributed by atoms with Gasteiger partial charge < -0.3 is 9.84 Å². The van der Waals surface area contributed by atoms with Crippen LogP contribution < -0.4 is 4.74 Å². The predicted molar refractivity (Wildman–Crippen MR) is 57.8 cm³/mol. The number of aliphatic hydroxyl groups is 1. The number of aromatic nitrogens is 1. The zero-order valence-corrected chi connectivity index (χ0v) is 9.23. The molecule has 1 aliphatic carbocycles. The summed E-state index contributed by atoms with van der Waals surface area (Å²) in [6, 6.07) is 3.93. The number of hydrogen-bond acceptors (Lipinski definition) is 3. The Balaban J connectivity index is 2.17. The van der Waals surface area contributed by atoms with Crippen molar-refractivity contribution in [3.05, 3.63) is 23.9 Å². The molecule has 0 radical (unpaired) electrons. The van der Waals surface area contributed by atoms with Crippen molar-refractivity contribution in [1.29, 1.82) is 0 Å². The van der Waals surface area contributed by atoms with Gasteiger partial charge >= 0.3 is 0 Å². The fourth-order valence-electron chi connectivity index (χ4n) is 2.02. The highest BCUT2D eigenvalue weighted by Gasteiger charge is 2.47. The number of aliphatic hydroxyl groups excluding tert-OH is 1. The van der Waals surface area contributed by atoms with Gasteiger partial charge in [-0.2, -0.15) is 0 Å². The summed E-state index contributed by atoms with van der Waals surface area (Å²) in [5, 5.41) is 9.71. The normalized spacial score (nSPS) is 19.7. The van der Waals surface area contributed by atoms with Crippen LogP contribution in [-0.2, 0) is 6.42 Å². The molecule has 0 aliphatic heterocycles. The van der Waals surface area contributed by atoms with Gasteiger partial charge in [0.1, 0.15) is 0 Å². The van der Waals surface area contributed by atoms with Crippen molar-refractivity contribution < 1.29 is 9.84 Å². The number of hydrogen-bond donors (Lipinski definition) is 1. The predicted octanol–water partition coefficient (Wildman–Crippen LogP) is 1.79. The van der Waals surface area contributed by atoms with Crippen LogP contribution in [0.4, 0.5) is 0 Å². The van der Waals surface area contributed by atoms with Crippen molar-refractivity contribution >= 4 is 0 Å². The summed E-state index contributed by atoms with van der Waals surface area (Å²) in [5.74, 6) is 0.685. The molecule has 82 valence electrons. The van der Waals surface area contributed by atoms with Crippen LogP contribution in [0.3, 0.4) is 0 Å². The van der Waals surface area contributed by atoms with Gasteiger partial charge in [0, 0.05) is 17.2 Å². The number of nitrogens with zero attached hydrogens (tertiary/aromatic N) is 1. The molecule has 2 rings (SSSR count). The van der Waals surface area contributed by atoms with Crippen molar-refractivity contribution in [3.8, 4) is 5.88 Å². The Bertz CT molecular complexity index is 345. The third kappa shape index (κ3) is 1.97. The van der Waals surface area contributed by atoms with Crippen molar-refractivity contribution in [3.63, 3.8) is 0 Å². The van der Waals surface area contributed by atoms with Gasteiger partial charge in [-0.3, -0.25) is 0 Å². The van der Waals surface area contributed by atoms with Crippen molar-refractivity contribution in [2.24, 2.45) is 5.41 Å². The van der Waals surface area contributed by atoms with E-state index in [1.807, 2.05) is 19.1 Å². The third-order valence-electron chi connectivity index (χ3n) is 3.36. The van der Waals surface area contributed by atoms with Gasteiger partial charge in [0.15, 0.2) is 0 Å². The monoisotopic (exact) mass is 207 g/mol. The molecule has 0 spiro atoms. The van der Waals surface area contributed by atoms with Crippen LogP contribution in [0.5, 0.6) is 5.88 Å². The largest absolute Gasteiger partial charge is 0.481 e. The Labute approximate surface area is 90.1 Å². The van der Waals surface area contributed by atoms with Gasteiger partial charge in [0.05, 0.1) is 13.2 Å². The van der Waals surface area contributed by atoms with E-state index in [1.54, 1.807) is 13.3 Å². The van der Waals surface area contributed by atoms with E-state index in [9.17, 15) is 5.11 Å². The van der Waals surface area contributed by atoms with Gasteiger partial charge in [0.2, 0.25) is 5.88 Å². The standard InChI is InChI=1S/C12H17NO2/c1-9(14)12(5-6-12)8-10-4-3-7-13-11(10)15-2/h3-4,7,9,14H,5-6,8H2,1-2H3. The average molecular weight is 207 g/mol. The molecule has 1 N–H and O–H groups in total. The van der Waals surface area contributed by atoms with Crippen molar-refractivity contribution in [2.45, 2.75) is 32.3 Å². The Morgan fingerprint density at radius 3 is 2.87 bits per heavy atom. The molecule has 1 aromatic heterocycles. The van der Waals surface area contributed by atoms with Gasteiger partial charge in [-0.1, -0.05) is 6.07 Å². The van der Waals surface area contributed by atoms with Crippen LogP contribution in [0.15, 0.2) is 18.3 Å². The maximum atomic E-state index is 9.71. The summed E-state index contributed by atoms with van der Waals surface area (Å²) in [5.41, 5.74) is 1.18. The van der Waals surface area contributed by atoms with Crippen LogP contribution in [0.1, 0.15) is 25.3 Å². The molecule has 1 fully saturated rings. The molecule has 1 unspecified atom stereocenters. The summed E-state index contributed by atoms with van der Waals surface area (Å²) in [6.07, 6.45) is 4.54. The molecule has 3 nitrogen and oxygen atoms in total. The first-order valence-electron chi connectivity index (χ1n) is 5.34. The minimum Gasteiger partial charge on any atom is -0.481 e. The Morgan fingerprint density at radius 1 is 1.60 bits per heavy atom. The van der Waals surface area contributed by atoms with E-state index in [-0.39, 0.29) is 11.5 Å². The SMILES string of the molecule is COc1ncccc1CC1(C(C)O)CC1. The summed E-state index contributed by atoms with van der Waals surface area (Å²) in [7, 11) is 1.63. The van der Waals surface area contributed by atoms with Crippen LogP contribution in [0.25, 0.3) is 0 Å². The lowest BCUT2D eigenvalue weighted by Gasteiger charge is -2.19. The van der Waals surface area contributed by atoms with E-state index in [4.69, 9.17) is 4.74 Å². The molecular formula is C12H17NO2. The first-order valence-corrected chi connectivity index (χ1v) is 5.34. The summed E-state index contributed by atoms with van der Waals surface area (Å²) in [4.78, 5) is 4.16. The first kappa shape index (κ1) is 10.4. The third-order valence-corrected chi connectivity index (χ3v) is 3.36. The second-order valence-electron chi connectivity index (χ2n) is 4.39. The van der Waals surface area contributed by atoms with Crippen LogP contribution in [0.2, 0.25) is 0 Å².